The molecule has 2 unspecified atom stereocenters. The van der Waals surface area contributed by atoms with Crippen molar-refractivity contribution in [2.45, 2.75) is 26.3 Å². The summed E-state index contributed by atoms with van der Waals surface area (Å²) in [6, 6.07) is 0.660. The lowest BCUT2D eigenvalue weighted by atomic mass is 10.0. The zero-order valence-corrected chi connectivity index (χ0v) is 9.81. The van der Waals surface area contributed by atoms with Crippen LogP contribution in [0.3, 0.4) is 0 Å². The second kappa shape index (κ2) is 7.31. The molecule has 2 nitrogen and oxygen atoms in total. The molecule has 0 aliphatic rings. The highest BCUT2D eigenvalue weighted by Crippen LogP contribution is 2.09. The predicted molar refractivity (Wildman–Crippen MR) is 59.2 cm³/mol. The molecule has 0 saturated heterocycles. The van der Waals surface area contributed by atoms with Gasteiger partial charge in [-0.2, -0.15) is 0 Å². The molecule has 0 aromatic heterocycles. The maximum absolute atomic E-state index is 3.45. The molecule has 0 radical (unpaired) electrons. The largest absolute Gasteiger partial charge is 0.308 e. The average Bonchev–Trinajstić information content (AvgIpc) is 2.05. The minimum absolute atomic E-state index is 0.660. The van der Waals surface area contributed by atoms with E-state index in [0.29, 0.717) is 6.04 Å². The Morgan fingerprint density at radius 1 is 1.45 bits per heavy atom. The summed E-state index contributed by atoms with van der Waals surface area (Å²) < 4.78 is 1.19. The van der Waals surface area contributed by atoms with Gasteiger partial charge in [-0.05, 0) is 13.0 Å². The van der Waals surface area contributed by atoms with Gasteiger partial charge in [-0.15, -0.1) is 0 Å². The lowest BCUT2D eigenvalue weighted by Crippen LogP contribution is -2.40. The minimum atomic E-state index is 0.660. The fourth-order valence-corrected chi connectivity index (χ4v) is 2.11. The van der Waals surface area contributed by atoms with E-state index in [9.17, 15) is 0 Å². The topological polar surface area (TPSA) is 24.1 Å². The second-order valence-electron chi connectivity index (χ2n) is 2.88. The standard InChI is InChI=1S/C8H19IN2/c1-4-7(2)8(5-9)11-6-10-3/h7-8,10-11H,4-6H2,1-3H3. The molecule has 0 amide bonds. The summed E-state index contributed by atoms with van der Waals surface area (Å²) in [5.74, 6) is 0.778. The van der Waals surface area contributed by atoms with Crippen LogP contribution in [0.2, 0.25) is 0 Å². The molecule has 0 aliphatic carbocycles. The highest BCUT2D eigenvalue weighted by atomic mass is 127. The number of nitrogens with one attached hydrogen (secondary N) is 2. The highest BCUT2D eigenvalue weighted by molar-refractivity contribution is 14.1. The highest BCUT2D eigenvalue weighted by Gasteiger charge is 2.12. The molecular weight excluding hydrogens is 251 g/mol. The van der Waals surface area contributed by atoms with Crippen molar-refractivity contribution in [2.75, 3.05) is 18.1 Å². The molecule has 3 heteroatoms. The molecule has 0 aliphatic heterocycles. The molecule has 0 heterocycles. The Morgan fingerprint density at radius 2 is 2.09 bits per heavy atom. The van der Waals surface area contributed by atoms with Gasteiger partial charge >= 0.3 is 0 Å². The van der Waals surface area contributed by atoms with Crippen molar-refractivity contribution in [1.29, 1.82) is 0 Å². The normalized spacial score (nSPS) is 16.4. The van der Waals surface area contributed by atoms with Crippen molar-refractivity contribution in [1.82, 2.24) is 10.6 Å². The molecule has 2 N–H and O–H groups in total. The summed E-state index contributed by atoms with van der Waals surface area (Å²) in [5, 5.41) is 6.55. The molecule has 2 atom stereocenters. The third-order valence-corrected chi connectivity index (χ3v) is 2.99. The Balaban J connectivity index is 3.56. The van der Waals surface area contributed by atoms with Gasteiger partial charge in [0.25, 0.3) is 0 Å². The first kappa shape index (κ1) is 11.6. The lowest BCUT2D eigenvalue weighted by Gasteiger charge is -2.21. The van der Waals surface area contributed by atoms with E-state index in [1.54, 1.807) is 0 Å². The monoisotopic (exact) mass is 270 g/mol. The quantitative estimate of drug-likeness (QED) is 0.435. The maximum Gasteiger partial charge on any atom is 0.0454 e. The van der Waals surface area contributed by atoms with Crippen molar-refractivity contribution in [3.05, 3.63) is 0 Å². The van der Waals surface area contributed by atoms with Gasteiger partial charge in [0.2, 0.25) is 0 Å². The zero-order valence-electron chi connectivity index (χ0n) is 7.65. The minimum Gasteiger partial charge on any atom is -0.308 e. The molecule has 0 saturated carbocycles. The third-order valence-electron chi connectivity index (χ3n) is 2.04. The molecule has 0 bridgehead atoms. The van der Waals surface area contributed by atoms with Crippen molar-refractivity contribution in [3.8, 4) is 0 Å². The van der Waals surface area contributed by atoms with Crippen LogP contribution in [0, 0.1) is 5.92 Å². The summed E-state index contributed by atoms with van der Waals surface area (Å²) >= 11 is 2.44. The van der Waals surface area contributed by atoms with E-state index in [1.807, 2.05) is 7.05 Å². The third kappa shape index (κ3) is 4.98. The van der Waals surface area contributed by atoms with Crippen LogP contribution in [0.4, 0.5) is 0 Å². The molecule has 0 rings (SSSR count). The van der Waals surface area contributed by atoms with Gasteiger partial charge in [0.05, 0.1) is 0 Å². The smallest absolute Gasteiger partial charge is 0.0454 e. The number of halogens is 1. The summed E-state index contributed by atoms with van der Waals surface area (Å²) in [5.41, 5.74) is 0. The van der Waals surface area contributed by atoms with Gasteiger partial charge in [0.1, 0.15) is 0 Å². The first-order valence-corrected chi connectivity index (χ1v) is 5.72. The van der Waals surface area contributed by atoms with E-state index < -0.39 is 0 Å². The van der Waals surface area contributed by atoms with Crippen LogP contribution in [0.1, 0.15) is 20.3 Å². The summed E-state index contributed by atoms with van der Waals surface area (Å²) in [6.45, 7) is 5.45. The molecule has 68 valence electrons. The Bertz CT molecular complexity index is 88.2. The van der Waals surface area contributed by atoms with Crippen molar-refractivity contribution >= 4 is 22.6 Å². The Hall–Kier alpha value is 0.650. The number of rotatable bonds is 6. The Morgan fingerprint density at radius 3 is 2.45 bits per heavy atom. The SMILES string of the molecule is CCC(C)C(CI)NCNC. The van der Waals surface area contributed by atoms with Crippen LogP contribution < -0.4 is 10.6 Å². The van der Waals surface area contributed by atoms with Crippen molar-refractivity contribution in [2.24, 2.45) is 5.92 Å². The van der Waals surface area contributed by atoms with E-state index in [2.05, 4.69) is 47.1 Å². The Kier molecular flexibility index (Phi) is 7.74. The van der Waals surface area contributed by atoms with Crippen LogP contribution in [0.15, 0.2) is 0 Å². The molecule has 0 spiro atoms. The van der Waals surface area contributed by atoms with Crippen LogP contribution in [0.25, 0.3) is 0 Å². The van der Waals surface area contributed by atoms with Crippen molar-refractivity contribution in [3.63, 3.8) is 0 Å². The van der Waals surface area contributed by atoms with Crippen LogP contribution in [-0.4, -0.2) is 24.2 Å². The summed E-state index contributed by atoms with van der Waals surface area (Å²) in [4.78, 5) is 0. The number of alkyl halides is 1. The first-order chi connectivity index (χ1) is 5.26. The fraction of sp³-hybridized carbons (Fsp3) is 1.00. The van der Waals surface area contributed by atoms with E-state index in [0.717, 1.165) is 12.6 Å². The summed E-state index contributed by atoms with van der Waals surface area (Å²) in [7, 11) is 1.97. The zero-order chi connectivity index (χ0) is 8.69. The molecule has 11 heavy (non-hydrogen) atoms. The number of hydrogen-bond donors (Lipinski definition) is 2. The van der Waals surface area contributed by atoms with E-state index in [4.69, 9.17) is 0 Å². The van der Waals surface area contributed by atoms with E-state index in [1.165, 1.54) is 10.8 Å². The fourth-order valence-electron chi connectivity index (χ4n) is 0.925. The van der Waals surface area contributed by atoms with Gasteiger partial charge in [0.15, 0.2) is 0 Å². The van der Waals surface area contributed by atoms with Gasteiger partial charge in [0, 0.05) is 17.1 Å². The first-order valence-electron chi connectivity index (χ1n) is 4.20. The van der Waals surface area contributed by atoms with Gasteiger partial charge in [-0.25, -0.2) is 0 Å². The van der Waals surface area contributed by atoms with E-state index in [-0.39, 0.29) is 0 Å². The summed E-state index contributed by atoms with van der Waals surface area (Å²) in [6.07, 6.45) is 1.25. The molecular formula is C8H19IN2. The van der Waals surface area contributed by atoms with Crippen molar-refractivity contribution < 1.29 is 0 Å². The molecule has 0 aromatic carbocycles. The van der Waals surface area contributed by atoms with Crippen LogP contribution in [-0.2, 0) is 0 Å². The maximum atomic E-state index is 3.45. The van der Waals surface area contributed by atoms with Gasteiger partial charge < -0.3 is 10.6 Å². The van der Waals surface area contributed by atoms with Crippen LogP contribution >= 0.6 is 22.6 Å². The van der Waals surface area contributed by atoms with E-state index >= 15 is 0 Å². The Labute approximate surface area is 83.7 Å². The molecule has 0 fully saturated rings. The van der Waals surface area contributed by atoms with Crippen LogP contribution in [0.5, 0.6) is 0 Å². The predicted octanol–water partition coefficient (Wildman–Crippen LogP) is 1.60. The lowest BCUT2D eigenvalue weighted by molar-refractivity contribution is 0.393. The second-order valence-corrected chi connectivity index (χ2v) is 3.76. The average molecular weight is 270 g/mol. The van der Waals surface area contributed by atoms with Gasteiger partial charge in [-0.1, -0.05) is 42.9 Å². The number of hydrogen-bond acceptors (Lipinski definition) is 2. The molecule has 0 aromatic rings. The van der Waals surface area contributed by atoms with Gasteiger partial charge in [-0.3, -0.25) is 0 Å².